The van der Waals surface area contributed by atoms with Crippen LogP contribution in [-0.4, -0.2) is 54.3 Å². The lowest BCUT2D eigenvalue weighted by Gasteiger charge is -2.27. The first-order valence-electron chi connectivity index (χ1n) is 6.20. The quantitative estimate of drug-likeness (QED) is 0.556. The molecule has 0 radical (unpaired) electrons. The zero-order chi connectivity index (χ0) is 14.5. The maximum atomic E-state index is 10.4. The van der Waals surface area contributed by atoms with Crippen molar-refractivity contribution in [2.45, 2.75) is 31.0 Å². The summed E-state index contributed by atoms with van der Waals surface area (Å²) in [4.78, 5) is 8.01. The van der Waals surface area contributed by atoms with E-state index in [0.29, 0.717) is 16.9 Å². The molecule has 3 unspecified atom stereocenters. The zero-order valence-electron chi connectivity index (χ0n) is 10.8. The highest BCUT2D eigenvalue weighted by molar-refractivity contribution is 5.86. The standard InChI is InChI=1S/C12H16N4O4/c1-12(19)8(18)7(4-17)20-11(12)16-3-2-6-9(13)14-5-15-10(6)16/h2-3,5,7-8,11,17-19H,4H2,1H3,(H2,13,14,15)/t7?,8-,11?,12?/m1/s1. The van der Waals surface area contributed by atoms with Gasteiger partial charge in [0.2, 0.25) is 0 Å². The second kappa shape index (κ2) is 4.38. The van der Waals surface area contributed by atoms with Crippen LogP contribution in [0.1, 0.15) is 13.2 Å². The van der Waals surface area contributed by atoms with Crippen LogP contribution in [0.15, 0.2) is 18.6 Å². The number of aliphatic hydroxyl groups excluding tert-OH is 2. The van der Waals surface area contributed by atoms with Crippen LogP contribution in [0.5, 0.6) is 0 Å². The number of aliphatic hydroxyl groups is 3. The van der Waals surface area contributed by atoms with Crippen LogP contribution in [0.3, 0.4) is 0 Å². The summed E-state index contributed by atoms with van der Waals surface area (Å²) >= 11 is 0. The first-order chi connectivity index (χ1) is 9.46. The van der Waals surface area contributed by atoms with Crippen molar-refractivity contribution in [3.8, 4) is 0 Å². The van der Waals surface area contributed by atoms with Gasteiger partial charge < -0.3 is 30.4 Å². The SMILES string of the molecule is CC1(O)C(n2ccc3c(N)ncnc32)OC(CO)[C@H]1O. The van der Waals surface area contributed by atoms with Crippen molar-refractivity contribution in [3.63, 3.8) is 0 Å². The summed E-state index contributed by atoms with van der Waals surface area (Å²) in [5, 5.41) is 30.3. The molecule has 20 heavy (non-hydrogen) atoms. The van der Waals surface area contributed by atoms with Crippen LogP contribution < -0.4 is 5.73 Å². The van der Waals surface area contributed by atoms with Crippen molar-refractivity contribution >= 4 is 16.9 Å². The molecule has 1 aliphatic heterocycles. The van der Waals surface area contributed by atoms with Crippen LogP contribution in [-0.2, 0) is 4.74 Å². The zero-order valence-corrected chi connectivity index (χ0v) is 10.8. The van der Waals surface area contributed by atoms with E-state index in [0.717, 1.165) is 0 Å². The third-order valence-electron chi connectivity index (χ3n) is 3.73. The Balaban J connectivity index is 2.10. The number of aromatic nitrogens is 3. The fourth-order valence-corrected chi connectivity index (χ4v) is 2.57. The van der Waals surface area contributed by atoms with Gasteiger partial charge in [0, 0.05) is 6.20 Å². The van der Waals surface area contributed by atoms with Crippen molar-refractivity contribution in [2.75, 3.05) is 12.3 Å². The first-order valence-corrected chi connectivity index (χ1v) is 6.20. The monoisotopic (exact) mass is 280 g/mol. The smallest absolute Gasteiger partial charge is 0.167 e. The van der Waals surface area contributed by atoms with E-state index >= 15 is 0 Å². The van der Waals surface area contributed by atoms with Gasteiger partial charge in [-0.1, -0.05) is 0 Å². The molecule has 2 aromatic heterocycles. The molecule has 0 aliphatic carbocycles. The second-order valence-electron chi connectivity index (χ2n) is 5.10. The molecule has 4 atom stereocenters. The van der Waals surface area contributed by atoms with Crippen LogP contribution in [0.2, 0.25) is 0 Å². The summed E-state index contributed by atoms with van der Waals surface area (Å²) < 4.78 is 7.12. The summed E-state index contributed by atoms with van der Waals surface area (Å²) in [7, 11) is 0. The minimum absolute atomic E-state index is 0.325. The molecule has 108 valence electrons. The van der Waals surface area contributed by atoms with Gasteiger partial charge in [-0.3, -0.25) is 0 Å². The van der Waals surface area contributed by atoms with E-state index in [2.05, 4.69) is 9.97 Å². The van der Waals surface area contributed by atoms with Gasteiger partial charge in [0.1, 0.15) is 35.6 Å². The van der Waals surface area contributed by atoms with Gasteiger partial charge in [-0.25, -0.2) is 9.97 Å². The maximum absolute atomic E-state index is 10.4. The van der Waals surface area contributed by atoms with Gasteiger partial charge in [-0.15, -0.1) is 0 Å². The Labute approximate surface area is 114 Å². The van der Waals surface area contributed by atoms with Gasteiger partial charge in [0.05, 0.1) is 12.0 Å². The lowest BCUT2D eigenvalue weighted by atomic mass is 9.96. The summed E-state index contributed by atoms with van der Waals surface area (Å²) in [6.07, 6.45) is 0.0428. The van der Waals surface area contributed by atoms with E-state index in [1.807, 2.05) is 0 Å². The number of nitrogens with two attached hydrogens (primary N) is 1. The maximum Gasteiger partial charge on any atom is 0.167 e. The van der Waals surface area contributed by atoms with Crippen molar-refractivity contribution in [1.82, 2.24) is 14.5 Å². The molecule has 1 aliphatic rings. The van der Waals surface area contributed by atoms with E-state index in [1.165, 1.54) is 13.3 Å². The van der Waals surface area contributed by atoms with Crippen molar-refractivity contribution in [1.29, 1.82) is 0 Å². The molecule has 0 aromatic carbocycles. The number of hydrogen-bond donors (Lipinski definition) is 4. The van der Waals surface area contributed by atoms with E-state index < -0.39 is 24.0 Å². The highest BCUT2D eigenvalue weighted by Gasteiger charge is 2.53. The van der Waals surface area contributed by atoms with Crippen molar-refractivity contribution in [2.24, 2.45) is 0 Å². The Kier molecular flexibility index (Phi) is 2.91. The number of nitrogens with zero attached hydrogens (tertiary/aromatic N) is 3. The summed E-state index contributed by atoms with van der Waals surface area (Å²) in [6, 6.07) is 1.71. The number of ether oxygens (including phenoxy) is 1. The molecule has 0 saturated carbocycles. The average Bonchev–Trinajstić information content (AvgIpc) is 2.92. The molecule has 8 heteroatoms. The molecule has 1 saturated heterocycles. The molecule has 8 nitrogen and oxygen atoms in total. The topological polar surface area (TPSA) is 127 Å². The lowest BCUT2D eigenvalue weighted by Crippen LogP contribution is -2.44. The molecule has 5 N–H and O–H groups in total. The predicted molar refractivity (Wildman–Crippen MR) is 69.6 cm³/mol. The Hall–Kier alpha value is -1.74. The fraction of sp³-hybridized carbons (Fsp3) is 0.500. The number of rotatable bonds is 2. The first kappa shape index (κ1) is 13.3. The Morgan fingerprint density at radius 2 is 2.25 bits per heavy atom. The normalized spacial score (nSPS) is 33.9. The van der Waals surface area contributed by atoms with E-state index in [-0.39, 0.29) is 6.61 Å². The number of fused-ring (bicyclic) bond motifs is 1. The Morgan fingerprint density at radius 1 is 1.50 bits per heavy atom. The second-order valence-corrected chi connectivity index (χ2v) is 5.10. The molecular weight excluding hydrogens is 264 g/mol. The van der Waals surface area contributed by atoms with E-state index in [1.54, 1.807) is 16.8 Å². The van der Waals surface area contributed by atoms with Gasteiger partial charge in [-0.2, -0.15) is 0 Å². The molecule has 0 bridgehead atoms. The molecule has 0 spiro atoms. The van der Waals surface area contributed by atoms with Crippen LogP contribution in [0.4, 0.5) is 5.82 Å². The van der Waals surface area contributed by atoms with Gasteiger partial charge >= 0.3 is 0 Å². The number of hydrogen-bond acceptors (Lipinski definition) is 7. The van der Waals surface area contributed by atoms with E-state index in [9.17, 15) is 15.3 Å². The third-order valence-corrected chi connectivity index (χ3v) is 3.73. The molecular formula is C12H16N4O4. The molecule has 1 fully saturated rings. The minimum Gasteiger partial charge on any atom is -0.394 e. The average molecular weight is 280 g/mol. The minimum atomic E-state index is -1.56. The van der Waals surface area contributed by atoms with Gasteiger partial charge in [0.15, 0.2) is 6.23 Å². The fourth-order valence-electron chi connectivity index (χ4n) is 2.57. The molecule has 3 heterocycles. The number of anilines is 1. The van der Waals surface area contributed by atoms with Crippen molar-refractivity contribution in [3.05, 3.63) is 18.6 Å². The van der Waals surface area contributed by atoms with Crippen LogP contribution in [0, 0.1) is 0 Å². The Morgan fingerprint density at radius 3 is 2.90 bits per heavy atom. The molecule has 0 amide bonds. The third kappa shape index (κ3) is 1.70. The Bertz CT molecular complexity index is 641. The van der Waals surface area contributed by atoms with Gasteiger partial charge in [-0.05, 0) is 13.0 Å². The van der Waals surface area contributed by atoms with Gasteiger partial charge in [0.25, 0.3) is 0 Å². The predicted octanol–water partition coefficient (Wildman–Crippen LogP) is -0.985. The largest absolute Gasteiger partial charge is 0.394 e. The van der Waals surface area contributed by atoms with Crippen molar-refractivity contribution < 1.29 is 20.1 Å². The summed E-state index contributed by atoms with van der Waals surface area (Å²) in [5.41, 5.74) is 4.70. The lowest BCUT2D eigenvalue weighted by molar-refractivity contribution is -0.0948. The van der Waals surface area contributed by atoms with Crippen LogP contribution >= 0.6 is 0 Å². The summed E-state index contributed by atoms with van der Waals surface area (Å²) in [6.45, 7) is 1.07. The number of nitrogen functional groups attached to an aromatic ring is 1. The molecule has 3 rings (SSSR count). The summed E-state index contributed by atoms with van der Waals surface area (Å²) in [5.74, 6) is 0.325. The highest BCUT2D eigenvalue weighted by atomic mass is 16.6. The van der Waals surface area contributed by atoms with E-state index in [4.69, 9.17) is 10.5 Å². The highest BCUT2D eigenvalue weighted by Crippen LogP contribution is 2.39. The molecule has 2 aromatic rings. The van der Waals surface area contributed by atoms with Crippen LogP contribution in [0.25, 0.3) is 11.0 Å².